The molecule has 0 saturated heterocycles. The molecule has 4 rings (SSSR count). The number of carbonyl (C=O) groups is 1. The molecule has 1 heterocycles. The predicted octanol–water partition coefficient (Wildman–Crippen LogP) is 5.39. The van der Waals surface area contributed by atoms with E-state index in [2.05, 4.69) is 10.4 Å². The van der Waals surface area contributed by atoms with Gasteiger partial charge < -0.3 is 5.32 Å². The fourth-order valence-electron chi connectivity index (χ4n) is 3.59. The molecule has 6 heteroatoms. The Hall–Kier alpha value is -2.66. The van der Waals surface area contributed by atoms with E-state index in [0.717, 1.165) is 36.9 Å². The van der Waals surface area contributed by atoms with E-state index in [1.165, 1.54) is 18.6 Å². The van der Waals surface area contributed by atoms with E-state index >= 15 is 0 Å². The second-order valence-corrected chi connectivity index (χ2v) is 7.55. The molecule has 3 aromatic rings. The fraction of sp³-hybridized carbons (Fsp3) is 0.273. The Labute approximate surface area is 168 Å². The lowest BCUT2D eigenvalue weighted by Gasteiger charge is -2.22. The van der Waals surface area contributed by atoms with E-state index in [9.17, 15) is 9.18 Å². The molecule has 28 heavy (non-hydrogen) atoms. The molecule has 0 unspecified atom stereocenters. The molecule has 0 radical (unpaired) electrons. The van der Waals surface area contributed by atoms with Crippen molar-refractivity contribution in [3.05, 3.63) is 71.1 Å². The topological polar surface area (TPSA) is 46.9 Å². The summed E-state index contributed by atoms with van der Waals surface area (Å²) in [6.45, 7) is 0. The number of benzene rings is 2. The van der Waals surface area contributed by atoms with Gasteiger partial charge >= 0.3 is 0 Å². The molecule has 1 N–H and O–H groups in total. The first-order valence-corrected chi connectivity index (χ1v) is 9.91. The molecular weight excluding hydrogens is 377 g/mol. The van der Waals surface area contributed by atoms with Gasteiger partial charge in [-0.1, -0.05) is 30.9 Å². The van der Waals surface area contributed by atoms with Crippen molar-refractivity contribution in [2.45, 2.75) is 38.1 Å². The highest BCUT2D eigenvalue weighted by atomic mass is 35.5. The van der Waals surface area contributed by atoms with Crippen LogP contribution in [0.25, 0.3) is 16.9 Å². The van der Waals surface area contributed by atoms with Crippen molar-refractivity contribution in [1.82, 2.24) is 15.1 Å². The zero-order chi connectivity index (χ0) is 19.5. The molecule has 1 saturated carbocycles. The van der Waals surface area contributed by atoms with Gasteiger partial charge in [0.2, 0.25) is 0 Å². The summed E-state index contributed by atoms with van der Waals surface area (Å²) in [5.74, 6) is -0.459. The number of aromatic nitrogens is 2. The lowest BCUT2D eigenvalue weighted by Crippen LogP contribution is -2.37. The molecule has 144 valence electrons. The maximum absolute atomic E-state index is 13.3. The second kappa shape index (κ2) is 8.15. The van der Waals surface area contributed by atoms with E-state index in [-0.39, 0.29) is 17.8 Å². The van der Waals surface area contributed by atoms with E-state index in [4.69, 9.17) is 11.6 Å². The van der Waals surface area contributed by atoms with Crippen LogP contribution in [0.5, 0.6) is 0 Å². The standard InChI is InChI=1S/C22H21ClFN3O/c23-16-8-12-19(13-9-16)27-21(22(28)25-18-4-2-1-3-5-18)14-20(26-27)15-6-10-17(24)11-7-15/h6-14,18H,1-5H2,(H,25,28). The van der Waals surface area contributed by atoms with Gasteiger partial charge in [0.05, 0.1) is 11.4 Å². The Kier molecular flexibility index (Phi) is 5.44. The van der Waals surface area contributed by atoms with Crippen LogP contribution < -0.4 is 5.32 Å². The van der Waals surface area contributed by atoms with Gasteiger partial charge in [0.25, 0.3) is 5.91 Å². The van der Waals surface area contributed by atoms with Gasteiger partial charge in [-0.05, 0) is 67.4 Å². The Morgan fingerprint density at radius 3 is 2.39 bits per heavy atom. The number of carbonyl (C=O) groups excluding carboxylic acids is 1. The monoisotopic (exact) mass is 397 g/mol. The number of hydrogen-bond acceptors (Lipinski definition) is 2. The van der Waals surface area contributed by atoms with E-state index in [1.807, 2.05) is 12.1 Å². The van der Waals surface area contributed by atoms with Gasteiger partial charge in [0.1, 0.15) is 11.5 Å². The summed E-state index contributed by atoms with van der Waals surface area (Å²) in [4.78, 5) is 13.0. The zero-order valence-electron chi connectivity index (χ0n) is 15.4. The minimum absolute atomic E-state index is 0.150. The van der Waals surface area contributed by atoms with Crippen molar-refractivity contribution >= 4 is 17.5 Å². The van der Waals surface area contributed by atoms with E-state index in [0.29, 0.717) is 16.4 Å². The highest BCUT2D eigenvalue weighted by molar-refractivity contribution is 6.30. The van der Waals surface area contributed by atoms with Crippen molar-refractivity contribution in [2.75, 3.05) is 0 Å². The van der Waals surface area contributed by atoms with Crippen LogP contribution in [0, 0.1) is 5.82 Å². The van der Waals surface area contributed by atoms with Crippen LogP contribution in [0.3, 0.4) is 0 Å². The highest BCUT2D eigenvalue weighted by Gasteiger charge is 2.21. The van der Waals surface area contributed by atoms with E-state index < -0.39 is 0 Å². The highest BCUT2D eigenvalue weighted by Crippen LogP contribution is 2.24. The molecule has 2 aromatic carbocycles. The van der Waals surface area contributed by atoms with Crippen LogP contribution in [0.15, 0.2) is 54.6 Å². The first kappa shape index (κ1) is 18.7. The van der Waals surface area contributed by atoms with Gasteiger partial charge in [-0.2, -0.15) is 5.10 Å². The molecule has 0 aliphatic heterocycles. The van der Waals surface area contributed by atoms with Gasteiger partial charge in [-0.15, -0.1) is 0 Å². The number of nitrogens with zero attached hydrogens (tertiary/aromatic N) is 2. The Bertz CT molecular complexity index is 960. The Morgan fingerprint density at radius 2 is 1.71 bits per heavy atom. The van der Waals surface area contributed by atoms with E-state index in [1.54, 1.807) is 35.0 Å². The third-order valence-corrected chi connectivity index (χ3v) is 5.35. The average Bonchev–Trinajstić information content (AvgIpc) is 3.15. The van der Waals surface area contributed by atoms with Crippen LogP contribution in [0.4, 0.5) is 4.39 Å². The summed E-state index contributed by atoms with van der Waals surface area (Å²) in [5.41, 5.74) is 2.56. The summed E-state index contributed by atoms with van der Waals surface area (Å²) in [6, 6.07) is 15.2. The number of rotatable bonds is 4. The van der Waals surface area contributed by atoms with Crippen LogP contribution in [0.2, 0.25) is 5.02 Å². The first-order chi connectivity index (χ1) is 13.6. The van der Waals surface area contributed by atoms with Gasteiger partial charge in [-0.3, -0.25) is 4.79 Å². The number of nitrogens with one attached hydrogen (secondary N) is 1. The lowest BCUT2D eigenvalue weighted by atomic mass is 9.95. The molecule has 1 aromatic heterocycles. The van der Waals surface area contributed by atoms with Gasteiger partial charge in [-0.25, -0.2) is 9.07 Å². The van der Waals surface area contributed by atoms with Gasteiger partial charge in [0, 0.05) is 16.6 Å². The molecule has 1 aliphatic carbocycles. The van der Waals surface area contributed by atoms with Crippen molar-refractivity contribution in [3.8, 4) is 16.9 Å². The van der Waals surface area contributed by atoms with Crippen molar-refractivity contribution < 1.29 is 9.18 Å². The third-order valence-electron chi connectivity index (χ3n) is 5.09. The van der Waals surface area contributed by atoms with Gasteiger partial charge in [0.15, 0.2) is 0 Å². The minimum Gasteiger partial charge on any atom is -0.348 e. The summed E-state index contributed by atoms with van der Waals surface area (Å²) >= 11 is 6.00. The predicted molar refractivity (Wildman–Crippen MR) is 108 cm³/mol. The summed E-state index contributed by atoms with van der Waals surface area (Å²) in [6.07, 6.45) is 5.52. The Balaban J connectivity index is 1.70. The van der Waals surface area contributed by atoms with Crippen LogP contribution in [-0.2, 0) is 0 Å². The number of halogens is 2. The summed E-state index contributed by atoms with van der Waals surface area (Å²) < 4.78 is 14.9. The largest absolute Gasteiger partial charge is 0.348 e. The number of hydrogen-bond donors (Lipinski definition) is 1. The fourth-order valence-corrected chi connectivity index (χ4v) is 3.72. The lowest BCUT2D eigenvalue weighted by molar-refractivity contribution is 0.0920. The summed E-state index contributed by atoms with van der Waals surface area (Å²) in [7, 11) is 0. The number of amides is 1. The smallest absolute Gasteiger partial charge is 0.270 e. The molecule has 0 bridgehead atoms. The molecular formula is C22H21ClFN3O. The maximum atomic E-state index is 13.3. The second-order valence-electron chi connectivity index (χ2n) is 7.12. The van der Waals surface area contributed by atoms with Crippen LogP contribution in [-0.4, -0.2) is 21.7 Å². The minimum atomic E-state index is -0.309. The maximum Gasteiger partial charge on any atom is 0.270 e. The average molecular weight is 398 g/mol. The van der Waals surface area contributed by atoms with Crippen LogP contribution >= 0.6 is 11.6 Å². The first-order valence-electron chi connectivity index (χ1n) is 9.53. The van der Waals surface area contributed by atoms with Crippen molar-refractivity contribution in [3.63, 3.8) is 0 Å². The molecule has 1 amide bonds. The quantitative estimate of drug-likeness (QED) is 0.641. The normalized spacial score (nSPS) is 14.8. The summed E-state index contributed by atoms with van der Waals surface area (Å²) in [5, 5.41) is 8.37. The zero-order valence-corrected chi connectivity index (χ0v) is 16.1. The van der Waals surface area contributed by atoms with Crippen molar-refractivity contribution in [1.29, 1.82) is 0 Å². The molecule has 0 atom stereocenters. The SMILES string of the molecule is O=C(NC1CCCCC1)c1cc(-c2ccc(F)cc2)nn1-c1ccc(Cl)cc1. The molecule has 1 fully saturated rings. The Morgan fingerprint density at radius 1 is 1.04 bits per heavy atom. The van der Waals surface area contributed by atoms with Crippen molar-refractivity contribution in [2.24, 2.45) is 0 Å². The molecule has 1 aliphatic rings. The molecule has 4 nitrogen and oxygen atoms in total. The third kappa shape index (κ3) is 4.09. The molecule has 0 spiro atoms. The van der Waals surface area contributed by atoms with Crippen LogP contribution in [0.1, 0.15) is 42.6 Å².